The SMILES string of the molecule is Cc1ccc(N2CCOC(C(O)C(=O)Nc3ccc4c(N)nccc4c3)C2)cc1. The third kappa shape index (κ3) is 4.16. The number of pyridine rings is 1. The topological polar surface area (TPSA) is 101 Å². The minimum atomic E-state index is -1.28. The van der Waals surface area contributed by atoms with E-state index in [-0.39, 0.29) is 0 Å². The highest BCUT2D eigenvalue weighted by Gasteiger charge is 2.31. The van der Waals surface area contributed by atoms with Gasteiger partial charge in [-0.15, -0.1) is 0 Å². The smallest absolute Gasteiger partial charge is 0.256 e. The quantitative estimate of drug-likeness (QED) is 0.630. The Hall–Kier alpha value is -3.16. The van der Waals surface area contributed by atoms with Gasteiger partial charge >= 0.3 is 0 Å². The van der Waals surface area contributed by atoms with Gasteiger partial charge in [0, 0.05) is 36.0 Å². The number of nitrogens with zero attached hydrogens (tertiary/aromatic N) is 2. The van der Waals surface area contributed by atoms with Crippen molar-refractivity contribution >= 4 is 33.9 Å². The van der Waals surface area contributed by atoms with Gasteiger partial charge in [-0.1, -0.05) is 17.7 Å². The Morgan fingerprint density at radius 1 is 1.28 bits per heavy atom. The molecule has 0 spiro atoms. The summed E-state index contributed by atoms with van der Waals surface area (Å²) in [6.45, 7) is 3.65. The number of carbonyl (C=O) groups excluding carboxylic acids is 1. The van der Waals surface area contributed by atoms with Crippen molar-refractivity contribution in [1.29, 1.82) is 0 Å². The molecular weight excluding hydrogens is 368 g/mol. The first-order valence-corrected chi connectivity index (χ1v) is 9.57. The van der Waals surface area contributed by atoms with E-state index in [1.807, 2.05) is 37.3 Å². The first kappa shape index (κ1) is 19.2. The Labute approximate surface area is 169 Å². The van der Waals surface area contributed by atoms with Crippen LogP contribution in [-0.4, -0.2) is 47.9 Å². The van der Waals surface area contributed by atoms with Crippen molar-refractivity contribution < 1.29 is 14.6 Å². The molecule has 0 bridgehead atoms. The highest BCUT2D eigenvalue weighted by atomic mass is 16.5. The van der Waals surface area contributed by atoms with Gasteiger partial charge in [-0.3, -0.25) is 4.79 Å². The molecule has 7 heteroatoms. The van der Waals surface area contributed by atoms with Gasteiger partial charge in [-0.25, -0.2) is 4.98 Å². The number of rotatable bonds is 4. The molecule has 1 aliphatic rings. The summed E-state index contributed by atoms with van der Waals surface area (Å²) in [4.78, 5) is 18.8. The molecule has 4 N–H and O–H groups in total. The zero-order chi connectivity index (χ0) is 20.4. The Kier molecular flexibility index (Phi) is 5.33. The molecular formula is C22H24N4O3. The highest BCUT2D eigenvalue weighted by Crippen LogP contribution is 2.23. The second kappa shape index (κ2) is 8.06. The van der Waals surface area contributed by atoms with E-state index < -0.39 is 18.1 Å². The average Bonchev–Trinajstić information content (AvgIpc) is 2.74. The maximum absolute atomic E-state index is 12.6. The number of anilines is 3. The summed E-state index contributed by atoms with van der Waals surface area (Å²) < 4.78 is 5.68. The van der Waals surface area contributed by atoms with Gasteiger partial charge in [-0.2, -0.15) is 0 Å². The number of nitrogens with two attached hydrogens (primary N) is 1. The van der Waals surface area contributed by atoms with Crippen LogP contribution in [0.2, 0.25) is 0 Å². The molecule has 1 aromatic heterocycles. The lowest BCUT2D eigenvalue weighted by Gasteiger charge is -2.36. The van der Waals surface area contributed by atoms with Gasteiger partial charge in [0.25, 0.3) is 5.91 Å². The number of aliphatic hydroxyl groups excluding tert-OH is 1. The number of aromatic nitrogens is 1. The largest absolute Gasteiger partial charge is 0.383 e. The minimum absolute atomic E-state index is 0.437. The Balaban J connectivity index is 1.44. The lowest BCUT2D eigenvalue weighted by Crippen LogP contribution is -2.51. The molecule has 3 aromatic rings. The van der Waals surface area contributed by atoms with Gasteiger partial charge in [0.2, 0.25) is 0 Å². The number of aliphatic hydroxyl groups is 1. The maximum atomic E-state index is 12.6. The van der Waals surface area contributed by atoms with E-state index in [0.717, 1.165) is 16.5 Å². The number of nitrogen functional groups attached to an aromatic ring is 1. The van der Waals surface area contributed by atoms with E-state index in [0.29, 0.717) is 31.2 Å². The molecule has 0 radical (unpaired) electrons. The molecule has 2 atom stereocenters. The standard InChI is InChI=1S/C22H24N4O3/c1-14-2-5-17(6-3-14)26-10-11-29-19(13-26)20(27)22(28)25-16-4-7-18-15(12-16)8-9-24-21(18)23/h2-9,12,19-20,27H,10-11,13H2,1H3,(H2,23,24)(H,25,28). The summed E-state index contributed by atoms with van der Waals surface area (Å²) in [6.07, 6.45) is -0.264. The second-order valence-electron chi connectivity index (χ2n) is 7.26. The van der Waals surface area contributed by atoms with E-state index in [9.17, 15) is 9.90 Å². The van der Waals surface area contributed by atoms with Crippen molar-refractivity contribution in [1.82, 2.24) is 4.98 Å². The van der Waals surface area contributed by atoms with Crippen molar-refractivity contribution in [3.05, 3.63) is 60.3 Å². The molecule has 2 heterocycles. The van der Waals surface area contributed by atoms with Crippen LogP contribution in [0.1, 0.15) is 5.56 Å². The van der Waals surface area contributed by atoms with Crippen LogP contribution in [0.5, 0.6) is 0 Å². The first-order chi connectivity index (χ1) is 14.0. The molecule has 2 unspecified atom stereocenters. The molecule has 1 amide bonds. The molecule has 1 saturated heterocycles. The van der Waals surface area contributed by atoms with Crippen molar-refractivity contribution in [2.75, 3.05) is 35.6 Å². The fraction of sp³-hybridized carbons (Fsp3) is 0.273. The fourth-order valence-electron chi connectivity index (χ4n) is 3.52. The van der Waals surface area contributed by atoms with Gasteiger partial charge in [-0.05, 0) is 48.7 Å². The molecule has 150 valence electrons. The van der Waals surface area contributed by atoms with Crippen LogP contribution in [-0.2, 0) is 9.53 Å². The van der Waals surface area contributed by atoms with E-state index in [1.54, 1.807) is 24.4 Å². The van der Waals surface area contributed by atoms with Crippen molar-refractivity contribution in [2.45, 2.75) is 19.1 Å². The minimum Gasteiger partial charge on any atom is -0.383 e. The Bertz CT molecular complexity index is 1020. The number of morpholine rings is 1. The zero-order valence-electron chi connectivity index (χ0n) is 16.2. The molecule has 0 saturated carbocycles. The monoisotopic (exact) mass is 392 g/mol. The molecule has 1 fully saturated rings. The second-order valence-corrected chi connectivity index (χ2v) is 7.26. The summed E-state index contributed by atoms with van der Waals surface area (Å²) in [6, 6.07) is 15.3. The average molecular weight is 392 g/mol. The summed E-state index contributed by atoms with van der Waals surface area (Å²) >= 11 is 0. The summed E-state index contributed by atoms with van der Waals surface area (Å²) in [5, 5.41) is 15.0. The van der Waals surface area contributed by atoms with Crippen LogP contribution >= 0.6 is 0 Å². The van der Waals surface area contributed by atoms with E-state index in [2.05, 4.69) is 15.2 Å². The molecule has 2 aromatic carbocycles. The van der Waals surface area contributed by atoms with Crippen molar-refractivity contribution in [3.8, 4) is 0 Å². The van der Waals surface area contributed by atoms with Crippen LogP contribution < -0.4 is 16.0 Å². The van der Waals surface area contributed by atoms with Crippen LogP contribution in [0, 0.1) is 6.92 Å². The lowest BCUT2D eigenvalue weighted by molar-refractivity contribution is -0.133. The van der Waals surface area contributed by atoms with Gasteiger partial charge in [0.1, 0.15) is 11.9 Å². The normalized spacial score (nSPS) is 17.9. The molecule has 0 aliphatic carbocycles. The molecule has 29 heavy (non-hydrogen) atoms. The fourth-order valence-corrected chi connectivity index (χ4v) is 3.52. The number of carbonyl (C=O) groups is 1. The van der Waals surface area contributed by atoms with Crippen molar-refractivity contribution in [2.24, 2.45) is 0 Å². The third-order valence-corrected chi connectivity index (χ3v) is 5.18. The number of hydrogen-bond acceptors (Lipinski definition) is 6. The molecule has 7 nitrogen and oxygen atoms in total. The maximum Gasteiger partial charge on any atom is 0.256 e. The van der Waals surface area contributed by atoms with Gasteiger partial charge in [0.15, 0.2) is 6.10 Å². The predicted octanol–water partition coefficient (Wildman–Crippen LogP) is 2.33. The Morgan fingerprint density at radius 2 is 2.07 bits per heavy atom. The van der Waals surface area contributed by atoms with Crippen LogP contribution in [0.25, 0.3) is 10.8 Å². The predicted molar refractivity (Wildman–Crippen MR) is 114 cm³/mol. The van der Waals surface area contributed by atoms with Crippen LogP contribution in [0.15, 0.2) is 54.7 Å². The highest BCUT2D eigenvalue weighted by molar-refractivity contribution is 5.98. The van der Waals surface area contributed by atoms with E-state index >= 15 is 0 Å². The lowest BCUT2D eigenvalue weighted by atomic mass is 10.1. The Morgan fingerprint density at radius 3 is 2.86 bits per heavy atom. The zero-order valence-corrected chi connectivity index (χ0v) is 16.2. The number of hydrogen-bond donors (Lipinski definition) is 3. The number of aryl methyl sites for hydroxylation is 1. The third-order valence-electron chi connectivity index (χ3n) is 5.18. The van der Waals surface area contributed by atoms with Crippen LogP contribution in [0.3, 0.4) is 0 Å². The van der Waals surface area contributed by atoms with Crippen LogP contribution in [0.4, 0.5) is 17.2 Å². The summed E-state index contributed by atoms with van der Waals surface area (Å²) in [5.74, 6) is -0.0608. The number of nitrogens with one attached hydrogen (secondary N) is 1. The van der Waals surface area contributed by atoms with Crippen molar-refractivity contribution in [3.63, 3.8) is 0 Å². The molecule has 4 rings (SSSR count). The first-order valence-electron chi connectivity index (χ1n) is 9.57. The number of fused-ring (bicyclic) bond motifs is 1. The van der Waals surface area contributed by atoms with E-state index in [4.69, 9.17) is 10.5 Å². The number of amides is 1. The summed E-state index contributed by atoms with van der Waals surface area (Å²) in [7, 11) is 0. The van der Waals surface area contributed by atoms with Gasteiger partial charge in [0.05, 0.1) is 6.61 Å². The molecule has 1 aliphatic heterocycles. The number of ether oxygens (including phenoxy) is 1. The van der Waals surface area contributed by atoms with E-state index in [1.165, 1.54) is 5.56 Å². The van der Waals surface area contributed by atoms with Gasteiger partial charge < -0.3 is 25.8 Å². The number of benzene rings is 2. The summed E-state index contributed by atoms with van der Waals surface area (Å²) in [5.41, 5.74) is 8.68.